The van der Waals surface area contributed by atoms with Gasteiger partial charge in [-0.15, -0.1) is 34.2 Å². The molecule has 1 aliphatic rings. The number of ether oxygens (including phenoxy) is 2. The van der Waals surface area contributed by atoms with Gasteiger partial charge in [-0.2, -0.15) is 0 Å². The van der Waals surface area contributed by atoms with Gasteiger partial charge in [0.1, 0.15) is 6.33 Å². The molecule has 0 saturated heterocycles. The second kappa shape index (κ2) is 15.8. The summed E-state index contributed by atoms with van der Waals surface area (Å²) in [4.78, 5) is 33.9. The van der Waals surface area contributed by atoms with Gasteiger partial charge in [0.05, 0.1) is 27.4 Å². The Hall–Kier alpha value is -3.30. The van der Waals surface area contributed by atoms with E-state index in [0.29, 0.717) is 16.7 Å². The van der Waals surface area contributed by atoms with Gasteiger partial charge in [-0.05, 0) is 39.8 Å². The van der Waals surface area contributed by atoms with E-state index < -0.39 is 11.9 Å². The molecule has 0 amide bonds. The van der Waals surface area contributed by atoms with Gasteiger partial charge < -0.3 is 9.47 Å². The van der Waals surface area contributed by atoms with Gasteiger partial charge in [0.15, 0.2) is 11.7 Å². The van der Waals surface area contributed by atoms with Crippen molar-refractivity contribution in [3.63, 3.8) is 0 Å². The minimum atomic E-state index is -0.597. The van der Waals surface area contributed by atoms with Crippen molar-refractivity contribution >= 4 is 76.1 Å². The molecule has 0 aromatic carbocycles. The fourth-order valence-electron chi connectivity index (χ4n) is 2.45. The Morgan fingerprint density at radius 3 is 2.18 bits per heavy atom. The van der Waals surface area contributed by atoms with Crippen LogP contribution in [0.15, 0.2) is 45.3 Å². The molecule has 9 nitrogen and oxygen atoms in total. The summed E-state index contributed by atoms with van der Waals surface area (Å²) in [5.41, 5.74) is 1.88. The highest BCUT2D eigenvalue weighted by Gasteiger charge is 2.07. The van der Waals surface area contributed by atoms with E-state index in [1.165, 1.54) is 46.0 Å². The molecule has 0 N–H and O–H groups in total. The zero-order valence-electron chi connectivity index (χ0n) is 21.0. The average molecular weight is 595 g/mol. The molecule has 0 atom stereocenters. The lowest BCUT2D eigenvalue weighted by atomic mass is 10.3. The normalized spacial score (nSPS) is 11.9. The number of halogens is 2. The number of hydrogen-bond acceptors (Lipinski definition) is 10. The summed E-state index contributed by atoms with van der Waals surface area (Å²) < 4.78 is 12.4. The molecular formula is C25H25Cl2N5O4S2. The quantitative estimate of drug-likeness (QED) is 0.153. The maximum Gasteiger partial charge on any atom is 0.384 e. The minimum Gasteiger partial charge on any atom is -0.460 e. The molecule has 0 saturated carbocycles. The van der Waals surface area contributed by atoms with Crippen molar-refractivity contribution < 1.29 is 19.1 Å². The number of nitrogens with zero attached hydrogens (tertiary/aromatic N) is 5. The predicted octanol–water partition coefficient (Wildman–Crippen LogP) is 5.89. The van der Waals surface area contributed by atoms with Crippen LogP contribution in [0.1, 0.15) is 33.3 Å². The van der Waals surface area contributed by atoms with E-state index in [1.807, 2.05) is 22.7 Å². The van der Waals surface area contributed by atoms with E-state index in [2.05, 4.69) is 24.8 Å². The Kier molecular flexibility index (Phi) is 12.9. The number of terminal acetylenes is 1. The molecule has 200 valence electrons. The van der Waals surface area contributed by atoms with E-state index in [1.54, 1.807) is 40.0 Å². The Bertz CT molecular complexity index is 1350. The first-order valence-electron chi connectivity index (χ1n) is 11.1. The van der Waals surface area contributed by atoms with Crippen LogP contribution < -0.4 is 0 Å². The molecule has 1 aliphatic heterocycles. The molecule has 0 radical (unpaired) electrons. The number of thiophene rings is 2. The summed E-state index contributed by atoms with van der Waals surface area (Å²) in [5.74, 6) is 2.19. The van der Waals surface area contributed by atoms with E-state index in [4.69, 9.17) is 34.4 Å². The molecular weight excluding hydrogens is 569 g/mol. The van der Waals surface area contributed by atoms with Crippen molar-refractivity contribution in [1.82, 2.24) is 14.8 Å². The third kappa shape index (κ3) is 11.4. The second-order valence-corrected chi connectivity index (χ2v) is 10.8. The molecule has 0 aliphatic carbocycles. The van der Waals surface area contributed by atoms with Crippen LogP contribution in [0.5, 0.6) is 0 Å². The maximum absolute atomic E-state index is 11.3. The van der Waals surface area contributed by atoms with Crippen molar-refractivity contribution in [2.24, 2.45) is 9.98 Å². The molecule has 3 aromatic heterocycles. The van der Waals surface area contributed by atoms with Gasteiger partial charge in [0.2, 0.25) is 0 Å². The molecule has 0 bridgehead atoms. The van der Waals surface area contributed by atoms with Gasteiger partial charge in [0.25, 0.3) is 0 Å². The van der Waals surface area contributed by atoms with Crippen LogP contribution in [0.3, 0.4) is 0 Å². The number of carbonyl (C=O) groups excluding carboxylic acids is 2. The molecule has 38 heavy (non-hydrogen) atoms. The summed E-state index contributed by atoms with van der Waals surface area (Å²) >= 11 is 14.5. The molecule has 4 heterocycles. The number of aliphatic imine (C=N–C) groups is 2. The van der Waals surface area contributed by atoms with E-state index >= 15 is 0 Å². The van der Waals surface area contributed by atoms with Gasteiger partial charge in [-0.25, -0.2) is 24.2 Å². The predicted molar refractivity (Wildman–Crippen MR) is 154 cm³/mol. The fourth-order valence-corrected chi connectivity index (χ4v) is 4.17. The SMILES string of the molecule is C#CC(=O)OC(C)C.CC(C)OC(=O)/C=C\n1cnc(-c2csc(Cl)c2)n1.Clc1cc(C2=NCC=N2)cs1. The van der Waals surface area contributed by atoms with Crippen LogP contribution in [0.2, 0.25) is 8.67 Å². The fraction of sp³-hybridized carbons (Fsp3) is 0.280. The highest BCUT2D eigenvalue weighted by Crippen LogP contribution is 2.26. The molecule has 13 heteroatoms. The minimum absolute atomic E-state index is 0.112. The summed E-state index contributed by atoms with van der Waals surface area (Å²) in [5, 5.41) is 8.04. The van der Waals surface area contributed by atoms with Crippen LogP contribution in [0.25, 0.3) is 17.6 Å². The molecule has 4 rings (SSSR count). The van der Waals surface area contributed by atoms with Gasteiger partial charge in [-0.3, -0.25) is 4.99 Å². The Morgan fingerprint density at radius 2 is 1.71 bits per heavy atom. The average Bonchev–Trinajstić information content (AvgIpc) is 3.65. The van der Waals surface area contributed by atoms with Crippen molar-refractivity contribution in [3.8, 4) is 23.7 Å². The van der Waals surface area contributed by atoms with Crippen LogP contribution >= 0.6 is 45.9 Å². The first kappa shape index (κ1) is 30.9. The van der Waals surface area contributed by atoms with E-state index in [9.17, 15) is 9.59 Å². The van der Waals surface area contributed by atoms with Crippen LogP contribution in [-0.2, 0) is 19.1 Å². The molecule has 3 aromatic rings. The Labute approximate surface area is 238 Å². The first-order valence-corrected chi connectivity index (χ1v) is 13.6. The smallest absolute Gasteiger partial charge is 0.384 e. The van der Waals surface area contributed by atoms with Crippen molar-refractivity contribution in [1.29, 1.82) is 0 Å². The van der Waals surface area contributed by atoms with Crippen LogP contribution in [0.4, 0.5) is 0 Å². The zero-order valence-corrected chi connectivity index (χ0v) is 24.1. The standard InChI is InChI=1S/C12H12ClN3O2S.C7H5ClN2S.C6H8O2/c1-8(2)18-11(17)3-4-16-7-14-12(15-16)9-5-10(13)19-6-9;8-6-3-5(4-11-6)7-9-1-2-10-7;1-4-6(7)8-5(2)3/h3-8H,1-2H3;1,3-4H,2H2;1,5H,2-3H3/b4-3-;;. The van der Waals surface area contributed by atoms with Crippen molar-refractivity contribution in [2.45, 2.75) is 39.9 Å². The lowest BCUT2D eigenvalue weighted by Crippen LogP contribution is -2.08. The zero-order chi connectivity index (χ0) is 28.1. The molecule has 0 spiro atoms. The number of aromatic nitrogens is 3. The van der Waals surface area contributed by atoms with Crippen LogP contribution in [-0.4, -0.2) is 57.5 Å². The third-order valence-electron chi connectivity index (χ3n) is 3.87. The number of hydrogen-bond donors (Lipinski definition) is 0. The van der Waals surface area contributed by atoms with Gasteiger partial charge >= 0.3 is 11.9 Å². The number of rotatable bonds is 6. The number of carbonyl (C=O) groups is 2. The highest BCUT2D eigenvalue weighted by molar-refractivity contribution is 7.15. The summed E-state index contributed by atoms with van der Waals surface area (Å²) in [6.07, 6.45) is 10.5. The topological polar surface area (TPSA) is 108 Å². The number of esters is 2. The third-order valence-corrected chi connectivity index (χ3v) is 6.05. The summed E-state index contributed by atoms with van der Waals surface area (Å²) in [7, 11) is 0. The van der Waals surface area contributed by atoms with E-state index in [-0.39, 0.29) is 12.2 Å². The largest absolute Gasteiger partial charge is 0.460 e. The summed E-state index contributed by atoms with van der Waals surface area (Å²) in [6, 6.07) is 3.68. The monoisotopic (exact) mass is 593 g/mol. The van der Waals surface area contributed by atoms with Crippen molar-refractivity contribution in [2.75, 3.05) is 6.54 Å². The maximum atomic E-state index is 11.3. The lowest BCUT2D eigenvalue weighted by molar-refractivity contribution is -0.141. The first-order chi connectivity index (χ1) is 18.1. The lowest BCUT2D eigenvalue weighted by Gasteiger charge is -2.03. The number of amidine groups is 1. The molecule has 0 fully saturated rings. The van der Waals surface area contributed by atoms with Crippen LogP contribution in [0, 0.1) is 12.3 Å². The Morgan fingerprint density at radius 1 is 1.08 bits per heavy atom. The Balaban J connectivity index is 0.000000225. The second-order valence-electron chi connectivity index (χ2n) is 7.70. The summed E-state index contributed by atoms with van der Waals surface area (Å²) in [6.45, 7) is 7.77. The van der Waals surface area contributed by atoms with Crippen molar-refractivity contribution in [3.05, 3.63) is 49.5 Å². The highest BCUT2D eigenvalue weighted by atomic mass is 35.5. The van der Waals surface area contributed by atoms with E-state index in [0.717, 1.165) is 21.3 Å². The van der Waals surface area contributed by atoms with Gasteiger partial charge in [-0.1, -0.05) is 23.2 Å². The van der Waals surface area contributed by atoms with Gasteiger partial charge in [0, 0.05) is 46.3 Å². The molecule has 0 unspecified atom stereocenters.